The lowest BCUT2D eigenvalue weighted by atomic mass is 9.99. The zero-order chi connectivity index (χ0) is 33.3. The van der Waals surface area contributed by atoms with Crippen LogP contribution in [-0.4, -0.2) is 4.98 Å². The maximum absolute atomic E-state index is 6.19. The van der Waals surface area contributed by atoms with E-state index in [1.807, 2.05) is 42.5 Å². The molecule has 0 fully saturated rings. The van der Waals surface area contributed by atoms with Gasteiger partial charge in [-0.15, -0.1) is 0 Å². The maximum atomic E-state index is 6.19. The quantitative estimate of drug-likeness (QED) is 0.174. The van der Waals surface area contributed by atoms with E-state index < -0.39 is 0 Å². The number of para-hydroxylation sites is 2. The first kappa shape index (κ1) is 29.4. The van der Waals surface area contributed by atoms with Crippen LogP contribution in [0.5, 0.6) is 0 Å². The van der Waals surface area contributed by atoms with Crippen molar-refractivity contribution in [1.82, 2.24) is 4.98 Å². The third kappa shape index (κ3) is 5.51. The minimum atomic E-state index is 0.625. The molecular weight excluding hydrogens is 609 g/mol. The van der Waals surface area contributed by atoms with E-state index >= 15 is 0 Å². The topological polar surface area (TPSA) is 29.3 Å². The van der Waals surface area contributed by atoms with Gasteiger partial charge in [0, 0.05) is 28.1 Å². The van der Waals surface area contributed by atoms with Gasteiger partial charge in [-0.1, -0.05) is 140 Å². The minimum absolute atomic E-state index is 0.625. The number of aromatic nitrogens is 1. The smallest absolute Gasteiger partial charge is 0.227 e. The highest BCUT2D eigenvalue weighted by molar-refractivity contribution is 5.94. The Labute approximate surface area is 291 Å². The molecule has 0 saturated carbocycles. The summed E-state index contributed by atoms with van der Waals surface area (Å²) in [6.07, 6.45) is 0. The van der Waals surface area contributed by atoms with Crippen molar-refractivity contribution in [3.05, 3.63) is 194 Å². The fourth-order valence-electron chi connectivity index (χ4n) is 6.81. The van der Waals surface area contributed by atoms with Crippen LogP contribution in [0.15, 0.2) is 199 Å². The van der Waals surface area contributed by atoms with Crippen molar-refractivity contribution in [3.63, 3.8) is 0 Å². The molecule has 0 bridgehead atoms. The number of oxazole rings is 1. The van der Waals surface area contributed by atoms with Gasteiger partial charge in [0.1, 0.15) is 5.52 Å². The predicted octanol–water partition coefficient (Wildman–Crippen LogP) is 13.1. The molecule has 9 aromatic rings. The van der Waals surface area contributed by atoms with Crippen LogP contribution >= 0.6 is 0 Å². The molecule has 0 amide bonds. The van der Waals surface area contributed by atoms with E-state index in [0.29, 0.717) is 5.89 Å². The minimum Gasteiger partial charge on any atom is -0.436 e. The van der Waals surface area contributed by atoms with Gasteiger partial charge in [-0.2, -0.15) is 0 Å². The first-order chi connectivity index (χ1) is 24.8. The van der Waals surface area contributed by atoms with Gasteiger partial charge in [0.2, 0.25) is 5.89 Å². The molecule has 236 valence electrons. The Hall–Kier alpha value is -6.71. The molecule has 3 heteroatoms. The summed E-state index contributed by atoms with van der Waals surface area (Å²) in [6.45, 7) is 0. The van der Waals surface area contributed by atoms with Crippen molar-refractivity contribution in [2.24, 2.45) is 0 Å². The predicted molar refractivity (Wildman–Crippen MR) is 208 cm³/mol. The Bertz CT molecular complexity index is 2570. The summed E-state index contributed by atoms with van der Waals surface area (Å²) in [5.41, 5.74) is 12.7. The van der Waals surface area contributed by atoms with Crippen LogP contribution in [0.2, 0.25) is 0 Å². The lowest BCUT2D eigenvalue weighted by Gasteiger charge is -2.28. The average molecular weight is 641 g/mol. The second-order valence-corrected chi connectivity index (χ2v) is 12.4. The first-order valence-electron chi connectivity index (χ1n) is 16.9. The molecule has 1 aromatic heterocycles. The van der Waals surface area contributed by atoms with E-state index in [1.54, 1.807) is 0 Å². The van der Waals surface area contributed by atoms with E-state index in [1.165, 1.54) is 27.5 Å². The van der Waals surface area contributed by atoms with Crippen molar-refractivity contribution in [1.29, 1.82) is 0 Å². The number of hydrogen-bond acceptors (Lipinski definition) is 3. The SMILES string of the molecule is c1ccc(-c2nc3c(-c4ccc(N(c5ccc(-c6ccc7ccccc7c6)cc5)c5ccccc5-c5ccccc5)cc4)cccc3o2)cc1. The largest absolute Gasteiger partial charge is 0.436 e. The van der Waals surface area contributed by atoms with Crippen LogP contribution in [0.3, 0.4) is 0 Å². The molecule has 0 aliphatic rings. The van der Waals surface area contributed by atoms with Gasteiger partial charge < -0.3 is 9.32 Å². The first-order valence-corrected chi connectivity index (χ1v) is 16.9. The van der Waals surface area contributed by atoms with E-state index in [0.717, 1.165) is 50.4 Å². The van der Waals surface area contributed by atoms with Gasteiger partial charge >= 0.3 is 0 Å². The van der Waals surface area contributed by atoms with Crippen LogP contribution < -0.4 is 4.90 Å². The van der Waals surface area contributed by atoms with Gasteiger partial charge in [0.15, 0.2) is 5.58 Å². The van der Waals surface area contributed by atoms with Gasteiger partial charge in [0.25, 0.3) is 0 Å². The summed E-state index contributed by atoms with van der Waals surface area (Å²) in [4.78, 5) is 7.28. The monoisotopic (exact) mass is 640 g/mol. The van der Waals surface area contributed by atoms with Crippen molar-refractivity contribution in [2.75, 3.05) is 4.90 Å². The van der Waals surface area contributed by atoms with Crippen molar-refractivity contribution in [2.45, 2.75) is 0 Å². The fourth-order valence-corrected chi connectivity index (χ4v) is 6.81. The number of anilines is 3. The molecule has 0 saturated heterocycles. The zero-order valence-electron chi connectivity index (χ0n) is 27.3. The van der Waals surface area contributed by atoms with Gasteiger partial charge in [-0.05, 0) is 87.6 Å². The molecule has 9 rings (SSSR count). The van der Waals surface area contributed by atoms with Crippen molar-refractivity contribution in [3.8, 4) is 44.8 Å². The lowest BCUT2D eigenvalue weighted by molar-refractivity contribution is 0.620. The van der Waals surface area contributed by atoms with E-state index in [-0.39, 0.29) is 0 Å². The highest BCUT2D eigenvalue weighted by Crippen LogP contribution is 2.42. The summed E-state index contributed by atoms with van der Waals surface area (Å²) in [5.74, 6) is 0.625. The summed E-state index contributed by atoms with van der Waals surface area (Å²) in [6, 6.07) is 68.2. The van der Waals surface area contributed by atoms with Crippen LogP contribution in [0, 0.1) is 0 Å². The second-order valence-electron chi connectivity index (χ2n) is 12.4. The molecule has 0 spiro atoms. The summed E-state index contributed by atoms with van der Waals surface area (Å²) < 4.78 is 6.19. The van der Waals surface area contributed by atoms with E-state index in [2.05, 4.69) is 157 Å². The normalized spacial score (nSPS) is 11.2. The number of rotatable bonds is 7. The Kier molecular flexibility index (Phi) is 7.49. The van der Waals surface area contributed by atoms with E-state index in [4.69, 9.17) is 9.40 Å². The fraction of sp³-hybridized carbons (Fsp3) is 0. The standard InChI is InChI=1S/C47H32N2O/c1-3-13-35(14-4-1)42-18-9-10-20-44(42)49(40-28-24-34(25-29-40)39-23-22-33-12-7-8-17-38(33)32-39)41-30-26-36(27-31-41)43-19-11-21-45-46(43)48-47(50-45)37-15-5-2-6-16-37/h1-32H. The third-order valence-corrected chi connectivity index (χ3v) is 9.31. The number of fused-ring (bicyclic) bond motifs is 2. The van der Waals surface area contributed by atoms with Crippen LogP contribution in [-0.2, 0) is 0 Å². The molecular formula is C47H32N2O. The summed E-state index contributed by atoms with van der Waals surface area (Å²) >= 11 is 0. The van der Waals surface area contributed by atoms with Gasteiger partial charge in [-0.25, -0.2) is 4.98 Å². The summed E-state index contributed by atoms with van der Waals surface area (Å²) in [5, 5.41) is 2.49. The van der Waals surface area contributed by atoms with Crippen LogP contribution in [0.25, 0.3) is 66.7 Å². The average Bonchev–Trinajstić information content (AvgIpc) is 3.64. The highest BCUT2D eigenvalue weighted by Gasteiger charge is 2.18. The van der Waals surface area contributed by atoms with E-state index in [9.17, 15) is 0 Å². The Morgan fingerprint density at radius 1 is 0.380 bits per heavy atom. The molecule has 0 aliphatic heterocycles. The number of hydrogen-bond donors (Lipinski definition) is 0. The molecule has 0 N–H and O–H groups in total. The molecule has 0 atom stereocenters. The molecule has 0 radical (unpaired) electrons. The molecule has 1 heterocycles. The maximum Gasteiger partial charge on any atom is 0.227 e. The molecule has 0 aliphatic carbocycles. The van der Waals surface area contributed by atoms with Gasteiger partial charge in [-0.3, -0.25) is 0 Å². The van der Waals surface area contributed by atoms with Gasteiger partial charge in [0.05, 0.1) is 5.69 Å². The molecule has 0 unspecified atom stereocenters. The van der Waals surface area contributed by atoms with Crippen molar-refractivity contribution >= 4 is 38.9 Å². The molecule has 50 heavy (non-hydrogen) atoms. The molecule has 3 nitrogen and oxygen atoms in total. The number of benzene rings is 8. The lowest BCUT2D eigenvalue weighted by Crippen LogP contribution is -2.11. The van der Waals surface area contributed by atoms with Crippen molar-refractivity contribution < 1.29 is 4.42 Å². The Morgan fingerprint density at radius 3 is 1.68 bits per heavy atom. The zero-order valence-corrected chi connectivity index (χ0v) is 27.3. The third-order valence-electron chi connectivity index (χ3n) is 9.31. The highest BCUT2D eigenvalue weighted by atomic mass is 16.3. The number of nitrogens with zero attached hydrogens (tertiary/aromatic N) is 2. The van der Waals surface area contributed by atoms with Crippen LogP contribution in [0.4, 0.5) is 17.1 Å². The molecule has 8 aromatic carbocycles. The summed E-state index contributed by atoms with van der Waals surface area (Å²) in [7, 11) is 0. The second kappa shape index (κ2) is 12.7. The Balaban J connectivity index is 1.13. The Morgan fingerprint density at radius 2 is 0.940 bits per heavy atom. The van der Waals surface area contributed by atoms with Crippen LogP contribution in [0.1, 0.15) is 0 Å².